The van der Waals surface area contributed by atoms with E-state index in [4.69, 9.17) is 0 Å². The van der Waals surface area contributed by atoms with Crippen molar-refractivity contribution in [1.29, 1.82) is 0 Å². The van der Waals surface area contributed by atoms with Crippen molar-refractivity contribution >= 4 is 0 Å². The van der Waals surface area contributed by atoms with Gasteiger partial charge in [0.2, 0.25) is 0 Å². The topological polar surface area (TPSA) is 3.88 Å². The van der Waals surface area contributed by atoms with Crippen molar-refractivity contribution in [3.05, 3.63) is 30.1 Å². The van der Waals surface area contributed by atoms with Crippen LogP contribution in [0.5, 0.6) is 0 Å². The molecule has 0 amide bonds. The van der Waals surface area contributed by atoms with E-state index >= 15 is 0 Å². The van der Waals surface area contributed by atoms with Crippen LogP contribution in [-0.4, -0.2) is 0 Å². The molecular weight excluding hydrogens is 482 g/mol. The molecule has 0 fully saturated rings. The van der Waals surface area contributed by atoms with E-state index in [1.807, 2.05) is 0 Å². The van der Waals surface area contributed by atoms with Gasteiger partial charge >= 0.3 is 0 Å². The summed E-state index contributed by atoms with van der Waals surface area (Å²) in [6.07, 6.45) is 49.3. The van der Waals surface area contributed by atoms with Crippen molar-refractivity contribution in [3.63, 3.8) is 0 Å². The summed E-state index contributed by atoms with van der Waals surface area (Å²) in [5, 5.41) is 0. The molecule has 0 unspecified atom stereocenters. The Balaban J connectivity index is 1.86. The van der Waals surface area contributed by atoms with Gasteiger partial charge in [-0.2, -0.15) is 0 Å². The molecule has 0 aliphatic rings. The largest absolute Gasteiger partial charge is 0.205 e. The molecule has 1 rings (SSSR count). The van der Waals surface area contributed by atoms with Gasteiger partial charge in [-0.05, 0) is 25.3 Å². The number of aromatic nitrogens is 1. The Bertz CT molecular complexity index is 559. The third kappa shape index (κ3) is 26.1. The molecule has 0 aliphatic heterocycles. The standard InChI is InChI=1S/C39H74N/c1-3-5-7-9-11-13-15-17-19-21-23-25-27-29-31-34-39-35-33-37-40(38-39)36-32-30-28-26-24-22-20-18-16-14-12-10-8-6-4-2/h33,35,37-38H,3-32,34,36H2,1-2H3/q+1. The molecule has 1 heterocycles. The fourth-order valence-electron chi connectivity index (χ4n) is 6.23. The first-order valence-corrected chi connectivity index (χ1v) is 18.8. The highest BCUT2D eigenvalue weighted by Crippen LogP contribution is 2.15. The molecule has 1 heteroatoms. The maximum absolute atomic E-state index is 2.45. The minimum atomic E-state index is 1.20. The summed E-state index contributed by atoms with van der Waals surface area (Å²) in [4.78, 5) is 0. The Morgan fingerprint density at radius 2 is 0.725 bits per heavy atom. The first-order chi connectivity index (χ1) is 19.9. The predicted molar refractivity (Wildman–Crippen MR) is 180 cm³/mol. The molecule has 1 aromatic rings. The zero-order chi connectivity index (χ0) is 28.6. The minimum Gasteiger partial charge on any atom is -0.205 e. The second kappa shape index (κ2) is 31.1. The maximum Gasteiger partial charge on any atom is 0.171 e. The lowest BCUT2D eigenvalue weighted by atomic mass is 10.0. The molecule has 40 heavy (non-hydrogen) atoms. The van der Waals surface area contributed by atoms with Gasteiger partial charge < -0.3 is 0 Å². The predicted octanol–water partition coefficient (Wildman–Crippen LogP) is 13.3. The second-order valence-electron chi connectivity index (χ2n) is 13.1. The van der Waals surface area contributed by atoms with E-state index in [2.05, 4.69) is 42.9 Å². The number of hydrogen-bond donors (Lipinski definition) is 0. The van der Waals surface area contributed by atoms with E-state index in [-0.39, 0.29) is 0 Å². The van der Waals surface area contributed by atoms with Crippen LogP contribution in [0.2, 0.25) is 0 Å². The van der Waals surface area contributed by atoms with Gasteiger partial charge in [-0.15, -0.1) is 0 Å². The molecule has 0 spiro atoms. The van der Waals surface area contributed by atoms with Crippen LogP contribution in [-0.2, 0) is 13.0 Å². The molecule has 0 saturated heterocycles. The highest BCUT2D eigenvalue weighted by molar-refractivity contribution is 5.05. The lowest BCUT2D eigenvalue weighted by molar-refractivity contribution is -0.697. The molecule has 0 atom stereocenters. The van der Waals surface area contributed by atoms with E-state index < -0.39 is 0 Å². The van der Waals surface area contributed by atoms with Gasteiger partial charge in [0.25, 0.3) is 0 Å². The van der Waals surface area contributed by atoms with Crippen molar-refractivity contribution in [1.82, 2.24) is 0 Å². The quantitative estimate of drug-likeness (QED) is 0.0613. The van der Waals surface area contributed by atoms with Crippen LogP contribution in [0.4, 0.5) is 0 Å². The zero-order valence-electron chi connectivity index (χ0n) is 27.9. The van der Waals surface area contributed by atoms with Crippen LogP contribution < -0.4 is 4.57 Å². The van der Waals surface area contributed by atoms with Gasteiger partial charge in [0.05, 0.1) is 0 Å². The van der Waals surface area contributed by atoms with Gasteiger partial charge in [0.1, 0.15) is 6.54 Å². The molecule has 0 aliphatic carbocycles. The first kappa shape index (κ1) is 37.2. The molecule has 1 nitrogen and oxygen atoms in total. The number of rotatable bonds is 32. The first-order valence-electron chi connectivity index (χ1n) is 18.8. The fraction of sp³-hybridized carbons (Fsp3) is 0.872. The lowest BCUT2D eigenvalue weighted by Gasteiger charge is -2.04. The molecule has 0 bridgehead atoms. The number of hydrogen-bond acceptors (Lipinski definition) is 0. The van der Waals surface area contributed by atoms with Crippen molar-refractivity contribution in [3.8, 4) is 0 Å². The van der Waals surface area contributed by atoms with E-state index in [9.17, 15) is 0 Å². The van der Waals surface area contributed by atoms with Crippen molar-refractivity contribution < 1.29 is 4.57 Å². The molecular formula is C39H74N+. The Hall–Kier alpha value is -0.850. The highest BCUT2D eigenvalue weighted by atomic mass is 14.9. The van der Waals surface area contributed by atoms with Crippen molar-refractivity contribution in [2.45, 2.75) is 219 Å². The van der Waals surface area contributed by atoms with Crippen LogP contribution in [0.15, 0.2) is 24.5 Å². The summed E-state index contributed by atoms with van der Waals surface area (Å²) >= 11 is 0. The highest BCUT2D eigenvalue weighted by Gasteiger charge is 2.03. The van der Waals surface area contributed by atoms with Crippen LogP contribution in [0, 0.1) is 0 Å². The molecule has 234 valence electrons. The third-order valence-corrected chi connectivity index (χ3v) is 9.01. The van der Waals surface area contributed by atoms with Crippen LogP contribution in [0.3, 0.4) is 0 Å². The van der Waals surface area contributed by atoms with Gasteiger partial charge in [-0.25, -0.2) is 4.57 Å². The smallest absolute Gasteiger partial charge is 0.171 e. The Kier molecular flexibility index (Phi) is 28.9. The molecule has 1 aromatic heterocycles. The number of nitrogens with zero attached hydrogens (tertiary/aromatic N) is 1. The number of aryl methyl sites for hydroxylation is 2. The lowest BCUT2D eigenvalue weighted by Crippen LogP contribution is -2.33. The maximum atomic E-state index is 2.45. The van der Waals surface area contributed by atoms with E-state index in [1.54, 1.807) is 0 Å². The average molecular weight is 557 g/mol. The summed E-state index contributed by atoms with van der Waals surface area (Å²) in [6, 6.07) is 4.61. The Morgan fingerprint density at radius 1 is 0.400 bits per heavy atom. The summed E-state index contributed by atoms with van der Waals surface area (Å²) in [5.74, 6) is 0. The number of unbranched alkanes of at least 4 members (excludes halogenated alkanes) is 28. The summed E-state index contributed by atoms with van der Waals surface area (Å²) < 4.78 is 2.45. The number of pyridine rings is 1. The van der Waals surface area contributed by atoms with Crippen molar-refractivity contribution in [2.24, 2.45) is 0 Å². The molecule has 0 aromatic carbocycles. The van der Waals surface area contributed by atoms with Gasteiger partial charge in [-0.1, -0.05) is 187 Å². The second-order valence-corrected chi connectivity index (χ2v) is 13.1. The minimum absolute atomic E-state index is 1.20. The molecule has 0 N–H and O–H groups in total. The van der Waals surface area contributed by atoms with E-state index in [0.717, 1.165) is 0 Å². The van der Waals surface area contributed by atoms with E-state index in [1.165, 1.54) is 211 Å². The monoisotopic (exact) mass is 557 g/mol. The van der Waals surface area contributed by atoms with Crippen LogP contribution in [0.1, 0.15) is 212 Å². The molecule has 0 saturated carbocycles. The van der Waals surface area contributed by atoms with Gasteiger partial charge in [0.15, 0.2) is 12.4 Å². The van der Waals surface area contributed by atoms with Crippen molar-refractivity contribution in [2.75, 3.05) is 0 Å². The Morgan fingerprint density at radius 3 is 1.10 bits per heavy atom. The third-order valence-electron chi connectivity index (χ3n) is 9.01. The zero-order valence-corrected chi connectivity index (χ0v) is 27.9. The van der Waals surface area contributed by atoms with E-state index in [0.29, 0.717) is 0 Å². The average Bonchev–Trinajstić information content (AvgIpc) is 2.97. The van der Waals surface area contributed by atoms with Crippen LogP contribution in [0.25, 0.3) is 0 Å². The summed E-state index contributed by atoms with van der Waals surface area (Å²) in [6.45, 7) is 5.81. The fourth-order valence-corrected chi connectivity index (χ4v) is 6.23. The van der Waals surface area contributed by atoms with Gasteiger partial charge in [-0.3, -0.25) is 0 Å². The summed E-state index contributed by atoms with van der Waals surface area (Å²) in [5.41, 5.74) is 1.54. The Labute approximate surface area is 253 Å². The SMILES string of the molecule is CCCCCCCCCCCCCCCCCc1ccc[n+](CCCCCCCCCCCCCCCCC)c1. The van der Waals surface area contributed by atoms with Crippen LogP contribution >= 0.6 is 0 Å². The molecule has 0 radical (unpaired) electrons. The van der Waals surface area contributed by atoms with Gasteiger partial charge in [0, 0.05) is 18.1 Å². The summed E-state index contributed by atoms with van der Waals surface area (Å²) in [7, 11) is 0. The normalized spacial score (nSPS) is 11.4.